The summed E-state index contributed by atoms with van der Waals surface area (Å²) in [5.41, 5.74) is -3.32. The van der Waals surface area contributed by atoms with Gasteiger partial charge in [-0.05, 0) is 49.4 Å². The molecule has 6 nitrogen and oxygen atoms in total. The van der Waals surface area contributed by atoms with Gasteiger partial charge in [0.2, 0.25) is 5.60 Å². The first-order valence-corrected chi connectivity index (χ1v) is 10.8. The molecule has 2 rings (SSSR count). The Hall–Kier alpha value is -2.21. The second-order valence-electron chi connectivity index (χ2n) is 6.11. The molecule has 1 atom stereocenters. The maximum absolute atomic E-state index is 12.7. The third-order valence-electron chi connectivity index (χ3n) is 3.75. The van der Waals surface area contributed by atoms with Gasteiger partial charge in [-0.2, -0.15) is 13.2 Å². The van der Waals surface area contributed by atoms with Crippen molar-refractivity contribution >= 4 is 50.7 Å². The number of aliphatic hydroxyl groups is 1. The molecule has 0 aromatic heterocycles. The molecule has 30 heavy (non-hydrogen) atoms. The monoisotopic (exact) mass is 480 g/mol. The number of hydrogen-bond acceptors (Lipinski definition) is 5. The van der Waals surface area contributed by atoms with E-state index in [1.807, 2.05) is 5.32 Å². The number of carbonyl (C=O) groups excluding carboxylic acids is 1. The number of anilines is 2. The van der Waals surface area contributed by atoms with Gasteiger partial charge < -0.3 is 10.4 Å². The maximum Gasteiger partial charge on any atom is 0.426 e. The predicted molar refractivity (Wildman–Crippen MR) is 110 cm³/mol. The van der Waals surface area contributed by atoms with E-state index in [-0.39, 0.29) is 10.7 Å². The number of carbonyl (C=O) groups is 1. The maximum atomic E-state index is 12.7. The van der Waals surface area contributed by atoms with Gasteiger partial charge in [0.05, 0.1) is 10.7 Å². The molecule has 3 N–H and O–H groups in total. The molecule has 2 aromatic rings. The van der Waals surface area contributed by atoms with Gasteiger partial charge >= 0.3 is 6.18 Å². The lowest BCUT2D eigenvalue weighted by atomic mass is 10.1. The van der Waals surface area contributed by atoms with Gasteiger partial charge in [-0.1, -0.05) is 29.9 Å². The van der Waals surface area contributed by atoms with E-state index in [0.717, 1.165) is 10.3 Å². The second kappa shape index (κ2) is 8.88. The number of nitrogens with one attached hydrogen (secondary N) is 2. The van der Waals surface area contributed by atoms with Gasteiger partial charge in [0.15, 0.2) is 0 Å². The van der Waals surface area contributed by atoms with E-state index in [0.29, 0.717) is 17.5 Å². The van der Waals surface area contributed by atoms with Crippen LogP contribution in [0.4, 0.5) is 24.5 Å². The molecule has 0 aliphatic heterocycles. The summed E-state index contributed by atoms with van der Waals surface area (Å²) in [5, 5.41) is 12.1. The van der Waals surface area contributed by atoms with Crippen LogP contribution in [0.2, 0.25) is 5.02 Å². The van der Waals surface area contributed by atoms with Crippen LogP contribution in [0.1, 0.15) is 6.92 Å². The van der Waals surface area contributed by atoms with E-state index in [4.69, 9.17) is 11.6 Å². The third kappa shape index (κ3) is 5.91. The van der Waals surface area contributed by atoms with Crippen LogP contribution in [0.25, 0.3) is 0 Å². The average molecular weight is 481 g/mol. The first kappa shape index (κ1) is 24.1. The molecule has 0 aliphatic carbocycles. The zero-order valence-corrected chi connectivity index (χ0v) is 17.7. The molecule has 1 amide bonds. The molecular weight excluding hydrogens is 465 g/mol. The minimum Gasteiger partial charge on any atom is -0.373 e. The van der Waals surface area contributed by atoms with Crippen LogP contribution in [0, 0.1) is 0 Å². The molecule has 0 aliphatic rings. The molecule has 0 bridgehead atoms. The van der Waals surface area contributed by atoms with Crippen LogP contribution in [0.3, 0.4) is 0 Å². The van der Waals surface area contributed by atoms with Crippen LogP contribution >= 0.6 is 23.4 Å². The van der Waals surface area contributed by atoms with Gasteiger partial charge in [-0.15, -0.1) is 0 Å². The van der Waals surface area contributed by atoms with Crippen molar-refractivity contribution in [2.24, 2.45) is 0 Å². The summed E-state index contributed by atoms with van der Waals surface area (Å²) in [7, 11) is -3.62. The Morgan fingerprint density at radius 3 is 2.23 bits per heavy atom. The molecule has 0 unspecified atom stereocenters. The lowest BCUT2D eigenvalue weighted by molar-refractivity contribution is -0.242. The zero-order chi connectivity index (χ0) is 22.7. The molecule has 0 fully saturated rings. The predicted octanol–water partition coefficient (Wildman–Crippen LogP) is 4.63. The molecule has 0 spiro atoms. The molecule has 0 heterocycles. The van der Waals surface area contributed by atoms with Crippen LogP contribution in [-0.4, -0.2) is 31.2 Å². The van der Waals surface area contributed by atoms with Crippen molar-refractivity contribution in [1.29, 1.82) is 0 Å². The van der Waals surface area contributed by atoms with Crippen molar-refractivity contribution in [3.8, 4) is 0 Å². The summed E-state index contributed by atoms with van der Waals surface area (Å²) in [6, 6.07) is 10.6. The fourth-order valence-electron chi connectivity index (χ4n) is 1.97. The van der Waals surface area contributed by atoms with Crippen LogP contribution in [0.15, 0.2) is 64.2 Å². The lowest BCUT2D eigenvalue weighted by Crippen LogP contribution is -2.52. The average Bonchev–Trinajstić information content (AvgIpc) is 2.64. The van der Waals surface area contributed by atoms with E-state index in [1.165, 1.54) is 30.0 Å². The summed E-state index contributed by atoms with van der Waals surface area (Å²) in [6.07, 6.45) is -5.15. The van der Waals surface area contributed by atoms with E-state index in [1.54, 1.807) is 24.3 Å². The fourth-order valence-corrected chi connectivity index (χ4v) is 3.66. The molecule has 0 radical (unpaired) electrons. The lowest BCUT2D eigenvalue weighted by Gasteiger charge is -2.25. The van der Waals surface area contributed by atoms with Crippen molar-refractivity contribution in [2.75, 3.05) is 10.0 Å². The summed E-state index contributed by atoms with van der Waals surface area (Å²) in [6.45, 7) is 3.54. The Labute approximate surface area is 180 Å². The highest BCUT2D eigenvalue weighted by molar-refractivity contribution is 7.99. The van der Waals surface area contributed by atoms with Gasteiger partial charge in [-0.3, -0.25) is 9.52 Å². The number of amides is 1. The Balaban J connectivity index is 2.11. The summed E-state index contributed by atoms with van der Waals surface area (Å²) < 4.78 is 63.4. The highest BCUT2D eigenvalue weighted by Crippen LogP contribution is 2.35. The highest BCUT2D eigenvalue weighted by Gasteiger charge is 2.55. The Morgan fingerprint density at radius 1 is 1.17 bits per heavy atom. The Bertz CT molecular complexity index is 1060. The Morgan fingerprint density at radius 2 is 1.73 bits per heavy atom. The second-order valence-corrected chi connectivity index (χ2v) is 9.29. The smallest absolute Gasteiger partial charge is 0.373 e. The molecular formula is C18H16ClF3N2O4S2. The zero-order valence-electron chi connectivity index (χ0n) is 15.3. The number of halogens is 4. The van der Waals surface area contributed by atoms with E-state index in [9.17, 15) is 31.5 Å². The van der Waals surface area contributed by atoms with Crippen molar-refractivity contribution in [3.63, 3.8) is 0 Å². The van der Waals surface area contributed by atoms with Gasteiger partial charge in [0.25, 0.3) is 15.9 Å². The number of rotatable bonds is 7. The number of hydrogen-bond donors (Lipinski definition) is 3. The largest absolute Gasteiger partial charge is 0.426 e. The van der Waals surface area contributed by atoms with E-state index < -0.39 is 27.7 Å². The van der Waals surface area contributed by atoms with E-state index >= 15 is 0 Å². The van der Waals surface area contributed by atoms with Crippen molar-refractivity contribution in [1.82, 2.24) is 0 Å². The summed E-state index contributed by atoms with van der Waals surface area (Å²) >= 11 is 7.29. The topological polar surface area (TPSA) is 95.5 Å². The van der Waals surface area contributed by atoms with Crippen LogP contribution in [0.5, 0.6) is 0 Å². The minimum absolute atomic E-state index is 0.0262. The molecule has 0 saturated heterocycles. The third-order valence-corrected chi connectivity index (χ3v) is 6.02. The standard InChI is InChI=1S/C18H16ClF3N2O4S2/c1-3-30(27,28)24-11-4-6-12(7-5-11)29-13-8-9-15(14(19)10-13)23-16(25)17(2,26)18(20,21)22/h3-10,24,26H,1H2,2H3,(H,23,25)/t17-/m1/s1. The fraction of sp³-hybridized carbons (Fsp3) is 0.167. The van der Waals surface area contributed by atoms with Crippen LogP contribution < -0.4 is 10.0 Å². The Kier molecular flexibility index (Phi) is 7.12. The van der Waals surface area contributed by atoms with Gasteiger partial charge in [0.1, 0.15) is 0 Å². The van der Waals surface area contributed by atoms with Crippen molar-refractivity contribution in [3.05, 3.63) is 59.5 Å². The van der Waals surface area contributed by atoms with E-state index in [2.05, 4.69) is 11.3 Å². The van der Waals surface area contributed by atoms with Crippen LogP contribution in [-0.2, 0) is 14.8 Å². The minimum atomic E-state index is -5.15. The molecule has 162 valence electrons. The molecule has 12 heteroatoms. The van der Waals surface area contributed by atoms with Gasteiger partial charge in [-0.25, -0.2) is 8.42 Å². The normalized spacial score (nSPS) is 13.9. The van der Waals surface area contributed by atoms with Crippen molar-refractivity contribution in [2.45, 2.75) is 28.5 Å². The van der Waals surface area contributed by atoms with Gasteiger partial charge in [0, 0.05) is 20.9 Å². The quantitative estimate of drug-likeness (QED) is 0.537. The first-order valence-electron chi connectivity index (χ1n) is 8.08. The van der Waals surface area contributed by atoms with Crippen molar-refractivity contribution < 1.29 is 31.5 Å². The molecule has 0 saturated carbocycles. The highest BCUT2D eigenvalue weighted by atomic mass is 35.5. The summed E-state index contributed by atoms with van der Waals surface area (Å²) in [4.78, 5) is 13.1. The summed E-state index contributed by atoms with van der Waals surface area (Å²) in [5.74, 6) is -1.66. The number of alkyl halides is 3. The molecule has 2 aromatic carbocycles. The first-order chi connectivity index (χ1) is 13.7. The SMILES string of the molecule is C=CS(=O)(=O)Nc1ccc(Sc2ccc(NC(=O)[C@@](C)(O)C(F)(F)F)c(Cl)c2)cc1. The number of sulfonamides is 1. The number of benzene rings is 2.